The second-order valence-corrected chi connectivity index (χ2v) is 4.64. The molecule has 0 amide bonds. The second kappa shape index (κ2) is 6.36. The molecule has 1 unspecified atom stereocenters. The van der Waals surface area contributed by atoms with Gasteiger partial charge in [0.2, 0.25) is 0 Å². The number of ether oxygens (including phenoxy) is 1. The third-order valence-electron chi connectivity index (χ3n) is 3.12. The Hall–Kier alpha value is -1.85. The molecule has 0 aliphatic carbocycles. The van der Waals surface area contributed by atoms with Crippen molar-refractivity contribution in [1.82, 2.24) is 15.2 Å². The number of nitrogens with zero attached hydrogens (tertiary/aromatic N) is 2. The number of aryl methyl sites for hydroxylation is 1. The number of benzene rings is 1. The zero-order valence-corrected chi connectivity index (χ0v) is 11.3. The smallest absolute Gasteiger partial charge is 0.118 e. The molecule has 3 N–H and O–H groups in total. The summed E-state index contributed by atoms with van der Waals surface area (Å²) in [6.07, 6.45) is 5.61. The fourth-order valence-electron chi connectivity index (χ4n) is 2.10. The summed E-state index contributed by atoms with van der Waals surface area (Å²) in [5.74, 6) is 6.50. The zero-order chi connectivity index (χ0) is 13.7. The topological polar surface area (TPSA) is 65.1 Å². The lowest BCUT2D eigenvalue weighted by molar-refractivity contribution is 0.414. The normalized spacial score (nSPS) is 12.4. The molecular weight excluding hydrogens is 240 g/mol. The highest BCUT2D eigenvalue weighted by Gasteiger charge is 2.10. The van der Waals surface area contributed by atoms with Crippen molar-refractivity contribution in [2.75, 3.05) is 7.11 Å². The van der Waals surface area contributed by atoms with Crippen molar-refractivity contribution in [1.29, 1.82) is 0 Å². The van der Waals surface area contributed by atoms with Crippen LogP contribution in [0.25, 0.3) is 0 Å². The van der Waals surface area contributed by atoms with E-state index in [1.165, 1.54) is 11.1 Å². The fraction of sp³-hybridized carbons (Fsp3) is 0.357. The monoisotopic (exact) mass is 260 g/mol. The number of nitrogens with two attached hydrogens (primary N) is 1. The first-order chi connectivity index (χ1) is 9.21. The Labute approximate surface area is 113 Å². The van der Waals surface area contributed by atoms with Crippen molar-refractivity contribution in [3.8, 4) is 5.75 Å². The van der Waals surface area contributed by atoms with E-state index in [2.05, 4.69) is 22.7 Å². The Morgan fingerprint density at radius 2 is 1.95 bits per heavy atom. The molecule has 0 spiro atoms. The van der Waals surface area contributed by atoms with Gasteiger partial charge in [-0.2, -0.15) is 5.10 Å². The molecule has 1 aromatic carbocycles. The maximum absolute atomic E-state index is 5.63. The maximum Gasteiger partial charge on any atom is 0.118 e. The molecule has 1 atom stereocenters. The molecule has 19 heavy (non-hydrogen) atoms. The first-order valence-electron chi connectivity index (χ1n) is 6.28. The molecule has 5 heteroatoms. The summed E-state index contributed by atoms with van der Waals surface area (Å²) in [5.41, 5.74) is 5.28. The largest absolute Gasteiger partial charge is 0.497 e. The van der Waals surface area contributed by atoms with Gasteiger partial charge in [-0.1, -0.05) is 12.1 Å². The average molecular weight is 260 g/mol. The van der Waals surface area contributed by atoms with Crippen LogP contribution in [-0.2, 0) is 19.9 Å². The highest BCUT2D eigenvalue weighted by Crippen LogP contribution is 2.14. The van der Waals surface area contributed by atoms with Gasteiger partial charge in [0.1, 0.15) is 5.75 Å². The number of hydrogen-bond acceptors (Lipinski definition) is 4. The van der Waals surface area contributed by atoms with Crippen LogP contribution in [0.15, 0.2) is 36.7 Å². The molecule has 102 valence electrons. The van der Waals surface area contributed by atoms with Crippen LogP contribution in [0, 0.1) is 0 Å². The van der Waals surface area contributed by atoms with Gasteiger partial charge in [0, 0.05) is 19.3 Å². The number of nitrogens with one attached hydrogen (secondary N) is 1. The van der Waals surface area contributed by atoms with Crippen LogP contribution in [0.3, 0.4) is 0 Å². The molecule has 2 aromatic rings. The average Bonchev–Trinajstić information content (AvgIpc) is 2.84. The summed E-state index contributed by atoms with van der Waals surface area (Å²) < 4.78 is 6.95. The van der Waals surface area contributed by atoms with E-state index in [4.69, 9.17) is 10.6 Å². The lowest BCUT2D eigenvalue weighted by Crippen LogP contribution is -2.38. The third kappa shape index (κ3) is 3.81. The number of methoxy groups -OCH3 is 1. The van der Waals surface area contributed by atoms with Crippen LogP contribution in [0.2, 0.25) is 0 Å². The van der Waals surface area contributed by atoms with Gasteiger partial charge < -0.3 is 4.74 Å². The van der Waals surface area contributed by atoms with Crippen LogP contribution in [0.1, 0.15) is 11.1 Å². The number of hydrogen-bond donors (Lipinski definition) is 2. The lowest BCUT2D eigenvalue weighted by atomic mass is 10.0. The summed E-state index contributed by atoms with van der Waals surface area (Å²) in [6, 6.07) is 8.25. The summed E-state index contributed by atoms with van der Waals surface area (Å²) in [5, 5.41) is 4.17. The maximum atomic E-state index is 5.63. The van der Waals surface area contributed by atoms with Crippen molar-refractivity contribution in [3.05, 3.63) is 47.8 Å². The first-order valence-corrected chi connectivity index (χ1v) is 6.28. The highest BCUT2D eigenvalue weighted by molar-refractivity contribution is 5.27. The summed E-state index contributed by atoms with van der Waals surface area (Å²) in [6.45, 7) is 0. The third-order valence-corrected chi connectivity index (χ3v) is 3.12. The number of rotatable bonds is 6. The molecule has 0 saturated heterocycles. The van der Waals surface area contributed by atoms with Gasteiger partial charge in [-0.05, 0) is 36.1 Å². The van der Waals surface area contributed by atoms with E-state index in [-0.39, 0.29) is 6.04 Å². The standard InChI is InChI=1S/C14H20N4O/c1-18-10-12(9-16-18)8-13(17-15)7-11-3-5-14(19-2)6-4-11/h3-6,9-10,13,17H,7-8,15H2,1-2H3. The van der Waals surface area contributed by atoms with E-state index in [0.717, 1.165) is 18.6 Å². The van der Waals surface area contributed by atoms with Crippen LogP contribution in [0.4, 0.5) is 0 Å². The zero-order valence-electron chi connectivity index (χ0n) is 11.3. The summed E-state index contributed by atoms with van der Waals surface area (Å²) in [4.78, 5) is 0. The Bertz CT molecular complexity index is 506. The van der Waals surface area contributed by atoms with Gasteiger partial charge in [-0.3, -0.25) is 16.0 Å². The Kier molecular flexibility index (Phi) is 4.54. The minimum atomic E-state index is 0.192. The molecule has 1 heterocycles. The van der Waals surface area contributed by atoms with Gasteiger partial charge in [-0.25, -0.2) is 0 Å². The van der Waals surface area contributed by atoms with Crippen LogP contribution in [0.5, 0.6) is 5.75 Å². The lowest BCUT2D eigenvalue weighted by Gasteiger charge is -2.15. The van der Waals surface area contributed by atoms with Gasteiger partial charge in [0.15, 0.2) is 0 Å². The molecule has 0 bridgehead atoms. The molecular formula is C14H20N4O. The van der Waals surface area contributed by atoms with E-state index in [1.54, 1.807) is 11.8 Å². The fourth-order valence-corrected chi connectivity index (χ4v) is 2.10. The Morgan fingerprint density at radius 3 is 2.47 bits per heavy atom. The highest BCUT2D eigenvalue weighted by atomic mass is 16.5. The summed E-state index contributed by atoms with van der Waals surface area (Å²) >= 11 is 0. The quantitative estimate of drug-likeness (QED) is 0.602. The van der Waals surface area contributed by atoms with Crippen molar-refractivity contribution in [3.63, 3.8) is 0 Å². The predicted molar refractivity (Wildman–Crippen MR) is 74.7 cm³/mol. The van der Waals surface area contributed by atoms with Crippen molar-refractivity contribution >= 4 is 0 Å². The number of aromatic nitrogens is 2. The Balaban J connectivity index is 1.97. The minimum absolute atomic E-state index is 0.192. The summed E-state index contributed by atoms with van der Waals surface area (Å²) in [7, 11) is 3.58. The molecule has 2 rings (SSSR count). The minimum Gasteiger partial charge on any atom is -0.497 e. The van der Waals surface area contributed by atoms with E-state index in [1.807, 2.05) is 31.6 Å². The molecule has 5 nitrogen and oxygen atoms in total. The van der Waals surface area contributed by atoms with E-state index < -0.39 is 0 Å². The molecule has 0 saturated carbocycles. The van der Waals surface area contributed by atoms with Crippen molar-refractivity contribution < 1.29 is 4.74 Å². The first kappa shape index (κ1) is 13.6. The van der Waals surface area contributed by atoms with Crippen molar-refractivity contribution in [2.24, 2.45) is 12.9 Å². The number of hydrazine groups is 1. The van der Waals surface area contributed by atoms with Crippen LogP contribution < -0.4 is 16.0 Å². The van der Waals surface area contributed by atoms with Crippen LogP contribution >= 0.6 is 0 Å². The van der Waals surface area contributed by atoms with E-state index in [0.29, 0.717) is 0 Å². The molecule has 0 fully saturated rings. The predicted octanol–water partition coefficient (Wildman–Crippen LogP) is 1.05. The van der Waals surface area contributed by atoms with Gasteiger partial charge in [-0.15, -0.1) is 0 Å². The van der Waals surface area contributed by atoms with Crippen LogP contribution in [-0.4, -0.2) is 22.9 Å². The molecule has 1 aromatic heterocycles. The Morgan fingerprint density at radius 1 is 1.26 bits per heavy atom. The van der Waals surface area contributed by atoms with Gasteiger partial charge in [0.05, 0.1) is 13.3 Å². The van der Waals surface area contributed by atoms with Crippen molar-refractivity contribution in [2.45, 2.75) is 18.9 Å². The van der Waals surface area contributed by atoms with E-state index in [9.17, 15) is 0 Å². The van der Waals surface area contributed by atoms with E-state index >= 15 is 0 Å². The SMILES string of the molecule is COc1ccc(CC(Cc2cnn(C)c2)NN)cc1. The second-order valence-electron chi connectivity index (χ2n) is 4.64. The van der Waals surface area contributed by atoms with Gasteiger partial charge in [0.25, 0.3) is 0 Å². The van der Waals surface area contributed by atoms with Gasteiger partial charge >= 0.3 is 0 Å². The molecule has 0 aliphatic rings. The molecule has 0 aliphatic heterocycles. The molecule has 0 radical (unpaired) electrons.